The number of anilines is 1. The molecule has 14 nitrogen and oxygen atoms in total. The molecule has 1 fully saturated rings. The van der Waals surface area contributed by atoms with Gasteiger partial charge in [-0.1, -0.05) is 30.3 Å². The van der Waals surface area contributed by atoms with E-state index in [4.69, 9.17) is 8.92 Å². The van der Waals surface area contributed by atoms with Crippen molar-refractivity contribution in [1.82, 2.24) is 25.0 Å². The lowest BCUT2D eigenvalue weighted by Gasteiger charge is -2.16. The molecule has 4 aromatic rings. The molecule has 0 unspecified atom stereocenters. The molecule has 0 bridgehead atoms. The van der Waals surface area contributed by atoms with E-state index in [0.29, 0.717) is 23.1 Å². The molecule has 15 heteroatoms. The van der Waals surface area contributed by atoms with E-state index in [-0.39, 0.29) is 41.3 Å². The van der Waals surface area contributed by atoms with Gasteiger partial charge in [0, 0.05) is 17.7 Å². The highest BCUT2D eigenvalue weighted by atomic mass is 32.2. The number of nitrogens with zero attached hydrogens (tertiary/aromatic N) is 6. The van der Waals surface area contributed by atoms with Gasteiger partial charge in [-0.3, -0.25) is 14.9 Å². The van der Waals surface area contributed by atoms with Crippen LogP contribution < -0.4 is 9.50 Å². The second kappa shape index (κ2) is 10.7. The molecular formula is C24H23N7O7S. The predicted molar refractivity (Wildman–Crippen MR) is 137 cm³/mol. The van der Waals surface area contributed by atoms with Gasteiger partial charge in [0.2, 0.25) is 0 Å². The van der Waals surface area contributed by atoms with E-state index in [1.807, 2.05) is 13.0 Å². The van der Waals surface area contributed by atoms with Gasteiger partial charge in [0.25, 0.3) is 11.6 Å². The van der Waals surface area contributed by atoms with Gasteiger partial charge in [0.05, 0.1) is 16.8 Å². The number of nitro benzene ring substituents is 1. The standard InChI is InChI=1S/C24H23N7O7S/c1-15-13-20(37-19(15)11-12-39(35,36)38-18-9-7-17(8-10-18)31(33)34)30-23-21(28-29-30)22(25-14-26-23)27-24(32)16-5-3-2-4-6-16/h2-10,14-15,19-20H,11-13H2,1H3,(H,25,26,27,32)/t15-,19+,20+/m0/s1. The van der Waals surface area contributed by atoms with Crippen molar-refractivity contribution in [2.75, 3.05) is 11.1 Å². The highest BCUT2D eigenvalue weighted by molar-refractivity contribution is 7.87. The number of nitrogens with one attached hydrogen (secondary N) is 1. The van der Waals surface area contributed by atoms with E-state index in [1.165, 1.54) is 35.3 Å². The van der Waals surface area contributed by atoms with Gasteiger partial charge in [-0.25, -0.2) is 9.97 Å². The van der Waals surface area contributed by atoms with Gasteiger partial charge in [-0.15, -0.1) is 5.10 Å². The van der Waals surface area contributed by atoms with Crippen molar-refractivity contribution in [2.45, 2.75) is 32.1 Å². The van der Waals surface area contributed by atoms with E-state index in [0.717, 1.165) is 0 Å². The van der Waals surface area contributed by atoms with Crippen LogP contribution in [0.5, 0.6) is 5.75 Å². The molecule has 1 saturated heterocycles. The van der Waals surface area contributed by atoms with Crippen LogP contribution in [0.15, 0.2) is 60.9 Å². The summed E-state index contributed by atoms with van der Waals surface area (Å²) in [5.74, 6) is -0.488. The van der Waals surface area contributed by atoms with Gasteiger partial charge in [-0.05, 0) is 43.0 Å². The molecule has 39 heavy (non-hydrogen) atoms. The summed E-state index contributed by atoms with van der Waals surface area (Å²) in [6.45, 7) is 1.94. The third kappa shape index (κ3) is 5.83. The number of ether oxygens (including phenoxy) is 1. The lowest BCUT2D eigenvalue weighted by atomic mass is 10.0. The number of fused-ring (bicyclic) bond motifs is 1. The molecule has 5 rings (SSSR count). The van der Waals surface area contributed by atoms with Crippen LogP contribution in [0.25, 0.3) is 11.2 Å². The first-order chi connectivity index (χ1) is 18.7. The molecule has 1 N–H and O–H groups in total. The predicted octanol–water partition coefficient (Wildman–Crippen LogP) is 3.10. The zero-order valence-electron chi connectivity index (χ0n) is 20.6. The van der Waals surface area contributed by atoms with Crippen LogP contribution in [0.1, 0.15) is 36.4 Å². The van der Waals surface area contributed by atoms with Crippen molar-refractivity contribution in [3.05, 3.63) is 76.6 Å². The summed E-state index contributed by atoms with van der Waals surface area (Å²) in [5, 5.41) is 21.8. The average Bonchev–Trinajstić information content (AvgIpc) is 3.52. The van der Waals surface area contributed by atoms with Crippen LogP contribution in [-0.2, 0) is 14.9 Å². The summed E-state index contributed by atoms with van der Waals surface area (Å²) >= 11 is 0. The van der Waals surface area contributed by atoms with Crippen LogP contribution >= 0.6 is 0 Å². The van der Waals surface area contributed by atoms with Gasteiger partial charge >= 0.3 is 10.1 Å². The smallest absolute Gasteiger partial charge is 0.309 e. The second-order valence-electron chi connectivity index (χ2n) is 8.98. The number of hydrogen-bond donors (Lipinski definition) is 1. The maximum atomic E-state index is 12.6. The van der Waals surface area contributed by atoms with Gasteiger partial charge in [0.15, 0.2) is 23.2 Å². The van der Waals surface area contributed by atoms with E-state index in [9.17, 15) is 23.3 Å². The van der Waals surface area contributed by atoms with Crippen LogP contribution in [-0.4, -0.2) is 56.1 Å². The van der Waals surface area contributed by atoms with E-state index in [1.54, 1.807) is 24.3 Å². The molecule has 202 valence electrons. The molecule has 3 heterocycles. The molecule has 2 aromatic heterocycles. The fourth-order valence-electron chi connectivity index (χ4n) is 4.26. The monoisotopic (exact) mass is 553 g/mol. The Balaban J connectivity index is 1.24. The number of non-ortho nitro benzene ring substituents is 1. The highest BCUT2D eigenvalue weighted by Gasteiger charge is 2.36. The van der Waals surface area contributed by atoms with Crippen molar-refractivity contribution < 1.29 is 27.1 Å². The van der Waals surface area contributed by atoms with Crippen LogP contribution in [0.4, 0.5) is 11.5 Å². The number of nitro groups is 1. The van der Waals surface area contributed by atoms with Gasteiger partial charge in [-0.2, -0.15) is 13.1 Å². The molecule has 0 aliphatic carbocycles. The molecule has 1 aliphatic heterocycles. The molecule has 0 saturated carbocycles. The Labute approximate surface area is 222 Å². The Morgan fingerprint density at radius 3 is 2.64 bits per heavy atom. The normalized spacial score (nSPS) is 19.2. The maximum absolute atomic E-state index is 12.6. The maximum Gasteiger partial charge on any atom is 0.309 e. The third-order valence-electron chi connectivity index (χ3n) is 6.26. The highest BCUT2D eigenvalue weighted by Crippen LogP contribution is 2.36. The Kier molecular flexibility index (Phi) is 7.17. The number of carbonyl (C=O) groups is 1. The Hall–Kier alpha value is -4.50. The number of carbonyl (C=O) groups excluding carboxylic acids is 1. The molecular weight excluding hydrogens is 530 g/mol. The van der Waals surface area contributed by atoms with E-state index in [2.05, 4.69) is 25.6 Å². The summed E-state index contributed by atoms with van der Waals surface area (Å²) < 4.78 is 37.7. The minimum absolute atomic E-state index is 0.0112. The molecule has 3 atom stereocenters. The van der Waals surface area contributed by atoms with Crippen LogP contribution in [0.2, 0.25) is 0 Å². The minimum Gasteiger partial charge on any atom is -0.382 e. The Morgan fingerprint density at radius 2 is 1.92 bits per heavy atom. The minimum atomic E-state index is -3.97. The molecule has 1 amide bonds. The first-order valence-corrected chi connectivity index (χ1v) is 13.5. The number of benzene rings is 2. The van der Waals surface area contributed by atoms with E-state index >= 15 is 0 Å². The van der Waals surface area contributed by atoms with Gasteiger partial charge in [0.1, 0.15) is 12.1 Å². The zero-order chi connectivity index (χ0) is 27.6. The molecule has 0 radical (unpaired) electrons. The molecule has 1 aliphatic rings. The first kappa shape index (κ1) is 26.1. The van der Waals surface area contributed by atoms with E-state index < -0.39 is 27.4 Å². The third-order valence-corrected chi connectivity index (χ3v) is 7.45. The van der Waals surface area contributed by atoms with Crippen molar-refractivity contribution in [1.29, 1.82) is 0 Å². The summed E-state index contributed by atoms with van der Waals surface area (Å²) in [6.07, 6.45) is 1.01. The van der Waals surface area contributed by atoms with Crippen molar-refractivity contribution >= 4 is 38.7 Å². The average molecular weight is 554 g/mol. The number of hydrogen-bond acceptors (Lipinski definition) is 11. The Morgan fingerprint density at radius 1 is 1.18 bits per heavy atom. The number of aromatic nitrogens is 5. The fraction of sp³-hybridized carbons (Fsp3) is 0.292. The Bertz CT molecular complexity index is 1610. The number of amides is 1. The lowest BCUT2D eigenvalue weighted by Crippen LogP contribution is -2.22. The topological polar surface area (TPSA) is 181 Å². The second-order valence-corrected chi connectivity index (χ2v) is 10.7. The molecule has 2 aromatic carbocycles. The SMILES string of the molecule is C[C@H]1C[C@H](n2nnc3c(NC(=O)c4ccccc4)ncnc32)O[C@@H]1CCS(=O)(=O)Oc1ccc([N+](=O)[O-])cc1. The van der Waals surface area contributed by atoms with Gasteiger partial charge < -0.3 is 14.2 Å². The molecule has 0 spiro atoms. The summed E-state index contributed by atoms with van der Waals surface area (Å²) in [4.78, 5) is 31.2. The first-order valence-electron chi connectivity index (χ1n) is 11.9. The summed E-state index contributed by atoms with van der Waals surface area (Å²) in [5.41, 5.74) is 0.941. The summed E-state index contributed by atoms with van der Waals surface area (Å²) in [6, 6.07) is 13.5. The zero-order valence-corrected chi connectivity index (χ0v) is 21.4. The quantitative estimate of drug-likeness (QED) is 0.183. The van der Waals surface area contributed by atoms with Crippen molar-refractivity contribution in [2.24, 2.45) is 5.92 Å². The van der Waals surface area contributed by atoms with Crippen LogP contribution in [0, 0.1) is 16.0 Å². The largest absolute Gasteiger partial charge is 0.382 e. The fourth-order valence-corrected chi connectivity index (χ4v) is 5.27. The number of rotatable bonds is 9. The van der Waals surface area contributed by atoms with Crippen molar-refractivity contribution in [3.8, 4) is 5.75 Å². The van der Waals surface area contributed by atoms with Crippen molar-refractivity contribution in [3.63, 3.8) is 0 Å². The van der Waals surface area contributed by atoms with Crippen LogP contribution in [0.3, 0.4) is 0 Å². The summed E-state index contributed by atoms with van der Waals surface area (Å²) in [7, 11) is -3.97. The lowest BCUT2D eigenvalue weighted by molar-refractivity contribution is -0.384.